The van der Waals surface area contributed by atoms with Gasteiger partial charge < -0.3 is 5.32 Å². The summed E-state index contributed by atoms with van der Waals surface area (Å²) in [5.74, 6) is 0. The molecule has 98 valence electrons. The molecule has 0 aliphatic heterocycles. The van der Waals surface area contributed by atoms with Crippen LogP contribution >= 0.6 is 22.9 Å². The molecule has 20 heavy (non-hydrogen) atoms. The topological polar surface area (TPSA) is 48.7 Å². The zero-order valence-electron chi connectivity index (χ0n) is 10.4. The van der Waals surface area contributed by atoms with Gasteiger partial charge >= 0.3 is 0 Å². The second-order valence-electron chi connectivity index (χ2n) is 4.31. The zero-order valence-corrected chi connectivity index (χ0v) is 12.0. The molecule has 0 aliphatic carbocycles. The van der Waals surface area contributed by atoms with E-state index in [1.54, 1.807) is 23.5 Å². The molecule has 1 aromatic heterocycles. The highest BCUT2D eigenvalue weighted by atomic mass is 35.5. The van der Waals surface area contributed by atoms with Gasteiger partial charge in [-0.25, -0.2) is 4.98 Å². The molecule has 0 fully saturated rings. The number of halogens is 1. The number of nitrogens with one attached hydrogen (secondary N) is 1. The minimum atomic E-state index is 0.574. The average Bonchev–Trinajstić information content (AvgIpc) is 2.93. The first kappa shape index (κ1) is 12.9. The minimum Gasteiger partial charge on any atom is -0.381 e. The van der Waals surface area contributed by atoms with Crippen molar-refractivity contribution >= 4 is 38.8 Å². The Kier molecular flexibility index (Phi) is 3.55. The van der Waals surface area contributed by atoms with Crippen LogP contribution in [0, 0.1) is 11.3 Å². The number of rotatable bonds is 3. The van der Waals surface area contributed by atoms with Gasteiger partial charge in [-0.15, -0.1) is 11.3 Å². The highest BCUT2D eigenvalue weighted by molar-refractivity contribution is 7.16. The van der Waals surface area contributed by atoms with Crippen molar-refractivity contribution in [2.75, 3.05) is 5.32 Å². The highest BCUT2D eigenvalue weighted by Crippen LogP contribution is 2.23. The van der Waals surface area contributed by atoms with Crippen LogP contribution in [0.1, 0.15) is 11.1 Å². The summed E-state index contributed by atoms with van der Waals surface area (Å²) in [6.45, 7) is 0.620. The monoisotopic (exact) mass is 299 g/mol. The number of anilines is 1. The number of hydrogen-bond acceptors (Lipinski definition) is 4. The van der Waals surface area contributed by atoms with Crippen LogP contribution in [-0.2, 0) is 6.54 Å². The Morgan fingerprint density at radius 1 is 1.25 bits per heavy atom. The molecule has 0 saturated heterocycles. The minimum absolute atomic E-state index is 0.574. The SMILES string of the molecule is N#Cc1ccc(CNc2ccc3ncsc3c2)c(Cl)c1. The van der Waals surface area contributed by atoms with Crippen LogP contribution in [0.25, 0.3) is 10.2 Å². The lowest BCUT2D eigenvalue weighted by Crippen LogP contribution is -2.00. The molecular weight excluding hydrogens is 290 g/mol. The molecule has 2 aromatic carbocycles. The van der Waals surface area contributed by atoms with E-state index in [9.17, 15) is 0 Å². The Hall–Kier alpha value is -2.09. The third-order valence-electron chi connectivity index (χ3n) is 3.00. The summed E-state index contributed by atoms with van der Waals surface area (Å²) in [4.78, 5) is 4.25. The van der Waals surface area contributed by atoms with E-state index in [0.29, 0.717) is 17.1 Å². The first-order chi connectivity index (χ1) is 9.76. The Balaban J connectivity index is 1.77. The normalized spacial score (nSPS) is 10.4. The van der Waals surface area contributed by atoms with Crippen molar-refractivity contribution < 1.29 is 0 Å². The molecule has 1 heterocycles. The molecule has 0 aliphatic rings. The Morgan fingerprint density at radius 3 is 2.95 bits per heavy atom. The average molecular weight is 300 g/mol. The van der Waals surface area contributed by atoms with Gasteiger partial charge in [-0.2, -0.15) is 5.26 Å². The van der Waals surface area contributed by atoms with Crippen molar-refractivity contribution in [3.05, 3.63) is 58.1 Å². The lowest BCUT2D eigenvalue weighted by molar-refractivity contribution is 1.15. The number of aromatic nitrogens is 1. The standard InChI is InChI=1S/C15H10ClN3S/c16-13-5-10(7-17)1-2-11(13)8-18-12-3-4-14-15(6-12)20-9-19-14/h1-6,9,18H,8H2. The highest BCUT2D eigenvalue weighted by Gasteiger charge is 2.03. The van der Waals surface area contributed by atoms with Crippen LogP contribution in [0.3, 0.4) is 0 Å². The van der Waals surface area contributed by atoms with Gasteiger partial charge in [0.15, 0.2) is 0 Å². The van der Waals surface area contributed by atoms with Crippen LogP contribution in [0.5, 0.6) is 0 Å². The lowest BCUT2D eigenvalue weighted by atomic mass is 10.1. The quantitative estimate of drug-likeness (QED) is 0.778. The Morgan fingerprint density at radius 2 is 2.15 bits per heavy atom. The number of fused-ring (bicyclic) bond motifs is 1. The van der Waals surface area contributed by atoms with Crippen molar-refractivity contribution in [2.45, 2.75) is 6.54 Å². The number of thiazole rings is 1. The predicted molar refractivity (Wildman–Crippen MR) is 83.1 cm³/mol. The van der Waals surface area contributed by atoms with Gasteiger partial charge in [-0.3, -0.25) is 0 Å². The van der Waals surface area contributed by atoms with E-state index in [0.717, 1.165) is 21.5 Å². The number of hydrogen-bond donors (Lipinski definition) is 1. The molecule has 0 radical (unpaired) electrons. The maximum Gasteiger partial charge on any atom is 0.0992 e. The molecule has 0 saturated carbocycles. The fraction of sp³-hybridized carbons (Fsp3) is 0.0667. The van der Waals surface area contributed by atoms with E-state index in [1.807, 2.05) is 23.7 Å². The van der Waals surface area contributed by atoms with Crippen LogP contribution in [-0.4, -0.2) is 4.98 Å². The second-order valence-corrected chi connectivity index (χ2v) is 5.60. The van der Waals surface area contributed by atoms with Crippen LogP contribution < -0.4 is 5.32 Å². The van der Waals surface area contributed by atoms with Crippen molar-refractivity contribution in [3.63, 3.8) is 0 Å². The summed E-state index contributed by atoms with van der Waals surface area (Å²) < 4.78 is 1.15. The van der Waals surface area contributed by atoms with Gasteiger partial charge in [0, 0.05) is 17.3 Å². The summed E-state index contributed by atoms with van der Waals surface area (Å²) in [5, 5.41) is 12.8. The third kappa shape index (κ3) is 2.60. The molecule has 3 rings (SSSR count). The van der Waals surface area contributed by atoms with E-state index in [2.05, 4.69) is 22.4 Å². The maximum absolute atomic E-state index is 8.81. The zero-order chi connectivity index (χ0) is 13.9. The molecule has 5 heteroatoms. The first-order valence-electron chi connectivity index (χ1n) is 6.02. The molecular formula is C15H10ClN3S. The number of nitriles is 1. The number of nitrogens with zero attached hydrogens (tertiary/aromatic N) is 2. The summed E-state index contributed by atoms with van der Waals surface area (Å²) in [6.07, 6.45) is 0. The Bertz CT molecular complexity index is 804. The van der Waals surface area contributed by atoms with E-state index in [1.165, 1.54) is 0 Å². The fourth-order valence-corrected chi connectivity index (χ4v) is 2.89. The van der Waals surface area contributed by atoms with Gasteiger partial charge in [-0.05, 0) is 35.9 Å². The van der Waals surface area contributed by atoms with E-state index < -0.39 is 0 Å². The molecule has 0 spiro atoms. The Labute approximate surface area is 125 Å². The lowest BCUT2D eigenvalue weighted by Gasteiger charge is -2.08. The molecule has 0 amide bonds. The van der Waals surface area contributed by atoms with Crippen molar-refractivity contribution in [1.29, 1.82) is 5.26 Å². The van der Waals surface area contributed by atoms with Crippen LogP contribution in [0.15, 0.2) is 41.9 Å². The molecule has 3 nitrogen and oxygen atoms in total. The van der Waals surface area contributed by atoms with Gasteiger partial charge in [0.2, 0.25) is 0 Å². The summed E-state index contributed by atoms with van der Waals surface area (Å²) in [5.41, 5.74) is 5.42. The largest absolute Gasteiger partial charge is 0.381 e. The van der Waals surface area contributed by atoms with Crippen LogP contribution in [0.2, 0.25) is 5.02 Å². The van der Waals surface area contributed by atoms with E-state index >= 15 is 0 Å². The summed E-state index contributed by atoms with van der Waals surface area (Å²) in [7, 11) is 0. The molecule has 3 aromatic rings. The molecule has 0 unspecified atom stereocenters. The van der Waals surface area contributed by atoms with Gasteiger partial charge in [0.05, 0.1) is 27.4 Å². The van der Waals surface area contributed by atoms with Gasteiger partial charge in [0.25, 0.3) is 0 Å². The predicted octanol–water partition coefficient (Wildman–Crippen LogP) is 4.43. The number of benzene rings is 2. The third-order valence-corrected chi connectivity index (χ3v) is 4.14. The molecule has 0 atom stereocenters. The molecule has 1 N–H and O–H groups in total. The fourth-order valence-electron chi connectivity index (χ4n) is 1.92. The van der Waals surface area contributed by atoms with Crippen LogP contribution in [0.4, 0.5) is 5.69 Å². The summed E-state index contributed by atoms with van der Waals surface area (Å²) >= 11 is 7.77. The van der Waals surface area contributed by atoms with E-state index in [-0.39, 0.29) is 0 Å². The molecule has 0 bridgehead atoms. The van der Waals surface area contributed by atoms with Crippen molar-refractivity contribution in [1.82, 2.24) is 4.98 Å². The van der Waals surface area contributed by atoms with E-state index in [4.69, 9.17) is 16.9 Å². The van der Waals surface area contributed by atoms with Crippen molar-refractivity contribution in [2.24, 2.45) is 0 Å². The smallest absolute Gasteiger partial charge is 0.0992 e. The second kappa shape index (κ2) is 5.49. The maximum atomic E-state index is 8.81. The van der Waals surface area contributed by atoms with Crippen molar-refractivity contribution in [3.8, 4) is 6.07 Å². The summed E-state index contributed by atoms with van der Waals surface area (Å²) in [6, 6.07) is 13.5. The van der Waals surface area contributed by atoms with Gasteiger partial charge in [0.1, 0.15) is 0 Å². The first-order valence-corrected chi connectivity index (χ1v) is 7.28. The van der Waals surface area contributed by atoms with Gasteiger partial charge in [-0.1, -0.05) is 17.7 Å².